The third kappa shape index (κ3) is 1.91. The van der Waals surface area contributed by atoms with Crippen LogP contribution < -0.4 is 0 Å². The number of aromatic nitrogens is 1. The fourth-order valence-corrected chi connectivity index (χ4v) is 3.04. The zero-order valence-corrected chi connectivity index (χ0v) is 11.1. The molecule has 2 unspecified atom stereocenters. The van der Waals surface area contributed by atoms with Crippen molar-refractivity contribution in [1.82, 2.24) is 4.98 Å². The Morgan fingerprint density at radius 1 is 1.25 bits per heavy atom. The Bertz CT molecular complexity index is 655. The summed E-state index contributed by atoms with van der Waals surface area (Å²) in [5.41, 5.74) is 0.350. The lowest BCUT2D eigenvalue weighted by atomic mass is 9.81. The number of hydrogen-bond donors (Lipinski definition) is 1. The van der Waals surface area contributed by atoms with Crippen LogP contribution in [0.15, 0.2) is 36.5 Å². The molecule has 20 heavy (non-hydrogen) atoms. The summed E-state index contributed by atoms with van der Waals surface area (Å²) in [5, 5.41) is 10.8. The Hall–Kier alpha value is -1.81. The largest absolute Gasteiger partial charge is 0.385 e. The van der Waals surface area contributed by atoms with Crippen LogP contribution in [0.25, 0.3) is 0 Å². The van der Waals surface area contributed by atoms with Crippen LogP contribution >= 0.6 is 0 Å². The Morgan fingerprint density at radius 2 is 2.05 bits per heavy atom. The summed E-state index contributed by atoms with van der Waals surface area (Å²) in [5.74, 6) is -2.25. The molecule has 1 aromatic carbocycles. The molecule has 0 amide bonds. The Balaban J connectivity index is 2.07. The summed E-state index contributed by atoms with van der Waals surface area (Å²) in [4.78, 5) is 4.31. The molecule has 1 aliphatic carbocycles. The van der Waals surface area contributed by atoms with Gasteiger partial charge in [-0.3, -0.25) is 4.98 Å². The van der Waals surface area contributed by atoms with E-state index in [-0.39, 0.29) is 11.5 Å². The van der Waals surface area contributed by atoms with E-state index in [9.17, 15) is 13.9 Å². The van der Waals surface area contributed by atoms with E-state index in [0.29, 0.717) is 6.42 Å². The Kier molecular flexibility index (Phi) is 3.05. The van der Waals surface area contributed by atoms with E-state index in [0.717, 1.165) is 23.7 Å². The summed E-state index contributed by atoms with van der Waals surface area (Å²) in [6.45, 7) is 1.53. The quantitative estimate of drug-likeness (QED) is 0.912. The van der Waals surface area contributed by atoms with Gasteiger partial charge in [-0.25, -0.2) is 8.78 Å². The van der Waals surface area contributed by atoms with Gasteiger partial charge in [-0.15, -0.1) is 0 Å². The highest BCUT2D eigenvalue weighted by Crippen LogP contribution is 2.45. The lowest BCUT2D eigenvalue weighted by Crippen LogP contribution is -2.30. The maximum absolute atomic E-state index is 14.0. The first-order valence-electron chi connectivity index (χ1n) is 6.62. The van der Waals surface area contributed by atoms with E-state index in [1.807, 2.05) is 12.1 Å². The molecule has 2 atom stereocenters. The minimum absolute atomic E-state index is 0.0130. The number of fused-ring (bicyclic) bond motifs is 1. The highest BCUT2D eigenvalue weighted by atomic mass is 19.2. The lowest BCUT2D eigenvalue weighted by molar-refractivity contribution is 0.0215. The number of aliphatic hydroxyl groups is 1. The van der Waals surface area contributed by atoms with Gasteiger partial charge < -0.3 is 5.11 Å². The molecule has 0 radical (unpaired) electrons. The molecule has 2 aromatic rings. The number of rotatable bonds is 2. The predicted molar refractivity (Wildman–Crippen MR) is 71.2 cm³/mol. The van der Waals surface area contributed by atoms with E-state index >= 15 is 0 Å². The summed E-state index contributed by atoms with van der Waals surface area (Å²) >= 11 is 0. The van der Waals surface area contributed by atoms with E-state index in [1.165, 1.54) is 19.1 Å². The third-order valence-electron chi connectivity index (χ3n) is 4.13. The second-order valence-electron chi connectivity index (χ2n) is 5.39. The third-order valence-corrected chi connectivity index (χ3v) is 4.13. The fourth-order valence-electron chi connectivity index (χ4n) is 3.04. The molecule has 1 aliphatic rings. The maximum atomic E-state index is 14.0. The molecular formula is C16H15F2NO. The van der Waals surface area contributed by atoms with E-state index < -0.39 is 17.2 Å². The van der Waals surface area contributed by atoms with Gasteiger partial charge in [0.1, 0.15) is 0 Å². The van der Waals surface area contributed by atoms with Crippen LogP contribution in [0.4, 0.5) is 8.78 Å². The van der Waals surface area contributed by atoms with Crippen molar-refractivity contribution < 1.29 is 13.9 Å². The van der Waals surface area contributed by atoms with Crippen molar-refractivity contribution in [3.05, 3.63) is 65.0 Å². The second-order valence-corrected chi connectivity index (χ2v) is 5.39. The van der Waals surface area contributed by atoms with Gasteiger partial charge >= 0.3 is 0 Å². The normalized spacial score (nSPS) is 20.5. The standard InChI is InChI=1S/C16H15F2NO/c1-16(20,11-5-2-6-13(17)14(11)18)12-8-7-10-4-3-9-19-15(10)12/h2-6,9,12,20H,7-8H2,1H3. The molecule has 1 N–H and O–H groups in total. The molecule has 0 aliphatic heterocycles. The minimum Gasteiger partial charge on any atom is -0.385 e. The fraction of sp³-hybridized carbons (Fsp3) is 0.312. The first-order chi connectivity index (χ1) is 9.51. The van der Waals surface area contributed by atoms with E-state index in [1.54, 1.807) is 6.20 Å². The zero-order valence-electron chi connectivity index (χ0n) is 11.1. The average molecular weight is 275 g/mol. The van der Waals surface area contributed by atoms with Gasteiger partial charge in [0.25, 0.3) is 0 Å². The highest BCUT2D eigenvalue weighted by Gasteiger charge is 2.41. The van der Waals surface area contributed by atoms with Crippen LogP contribution in [0.2, 0.25) is 0 Å². The molecule has 4 heteroatoms. The Morgan fingerprint density at radius 3 is 2.85 bits per heavy atom. The number of benzene rings is 1. The van der Waals surface area contributed by atoms with Crippen molar-refractivity contribution in [2.24, 2.45) is 0 Å². The molecule has 0 saturated carbocycles. The van der Waals surface area contributed by atoms with Crippen LogP contribution in [0, 0.1) is 11.6 Å². The molecular weight excluding hydrogens is 260 g/mol. The van der Waals surface area contributed by atoms with Gasteiger partial charge in [0, 0.05) is 23.4 Å². The van der Waals surface area contributed by atoms with Gasteiger partial charge in [-0.05, 0) is 37.5 Å². The first-order valence-corrected chi connectivity index (χ1v) is 6.62. The molecule has 1 heterocycles. The van der Waals surface area contributed by atoms with Crippen molar-refractivity contribution >= 4 is 0 Å². The highest BCUT2D eigenvalue weighted by molar-refractivity contribution is 5.36. The maximum Gasteiger partial charge on any atom is 0.164 e. The van der Waals surface area contributed by atoms with Crippen LogP contribution in [0.1, 0.15) is 36.1 Å². The molecule has 3 rings (SSSR count). The van der Waals surface area contributed by atoms with E-state index in [4.69, 9.17) is 0 Å². The molecule has 104 valence electrons. The Labute approximate surface area is 116 Å². The average Bonchev–Trinajstić information content (AvgIpc) is 2.86. The van der Waals surface area contributed by atoms with Crippen LogP contribution in [-0.2, 0) is 12.0 Å². The van der Waals surface area contributed by atoms with Gasteiger partial charge in [-0.2, -0.15) is 0 Å². The topological polar surface area (TPSA) is 33.1 Å². The van der Waals surface area contributed by atoms with E-state index in [2.05, 4.69) is 4.98 Å². The number of halogens is 2. The minimum atomic E-state index is -1.48. The van der Waals surface area contributed by atoms with Crippen molar-refractivity contribution in [2.45, 2.75) is 31.3 Å². The monoisotopic (exact) mass is 275 g/mol. The smallest absolute Gasteiger partial charge is 0.164 e. The summed E-state index contributed by atoms with van der Waals surface area (Å²) in [7, 11) is 0. The molecule has 1 aromatic heterocycles. The number of hydrogen-bond acceptors (Lipinski definition) is 2. The van der Waals surface area contributed by atoms with Gasteiger partial charge in [0.2, 0.25) is 0 Å². The van der Waals surface area contributed by atoms with Crippen molar-refractivity contribution in [3.8, 4) is 0 Å². The number of nitrogens with zero attached hydrogens (tertiary/aromatic N) is 1. The second kappa shape index (κ2) is 4.63. The van der Waals surface area contributed by atoms with Crippen LogP contribution in [-0.4, -0.2) is 10.1 Å². The predicted octanol–water partition coefficient (Wildman–Crippen LogP) is 3.30. The van der Waals surface area contributed by atoms with Crippen molar-refractivity contribution in [3.63, 3.8) is 0 Å². The summed E-state index contributed by atoms with van der Waals surface area (Å²) in [6, 6.07) is 7.70. The summed E-state index contributed by atoms with van der Waals surface area (Å²) < 4.78 is 27.4. The molecule has 0 bridgehead atoms. The van der Waals surface area contributed by atoms with Crippen molar-refractivity contribution in [2.75, 3.05) is 0 Å². The molecule has 2 nitrogen and oxygen atoms in total. The summed E-state index contributed by atoms with van der Waals surface area (Å²) in [6.07, 6.45) is 3.13. The van der Waals surface area contributed by atoms with Gasteiger partial charge in [0.15, 0.2) is 11.6 Å². The SMILES string of the molecule is CC(O)(c1cccc(F)c1F)C1CCc2cccnc21. The molecule has 0 saturated heterocycles. The first kappa shape index (κ1) is 13.2. The van der Waals surface area contributed by atoms with Crippen LogP contribution in [0.3, 0.4) is 0 Å². The number of pyridine rings is 1. The lowest BCUT2D eigenvalue weighted by Gasteiger charge is -2.31. The number of aryl methyl sites for hydroxylation is 1. The van der Waals surface area contributed by atoms with Gasteiger partial charge in [0.05, 0.1) is 5.60 Å². The van der Waals surface area contributed by atoms with Crippen LogP contribution in [0.5, 0.6) is 0 Å². The van der Waals surface area contributed by atoms with Gasteiger partial charge in [-0.1, -0.05) is 18.2 Å². The zero-order chi connectivity index (χ0) is 14.3. The molecule has 0 spiro atoms. The van der Waals surface area contributed by atoms with Crippen molar-refractivity contribution in [1.29, 1.82) is 0 Å². The molecule has 0 fully saturated rings.